The zero-order valence-electron chi connectivity index (χ0n) is 58.8. The summed E-state index contributed by atoms with van der Waals surface area (Å²) in [7, 11) is 0. The van der Waals surface area contributed by atoms with E-state index in [4.69, 9.17) is 8.83 Å². The smallest absolute Gasteiger partial charge is 0.143 e. The van der Waals surface area contributed by atoms with Crippen LogP contribution < -0.4 is 10.2 Å². The lowest BCUT2D eigenvalue weighted by atomic mass is 9.65. The van der Waals surface area contributed by atoms with Gasteiger partial charge in [0.2, 0.25) is 0 Å². The van der Waals surface area contributed by atoms with Crippen molar-refractivity contribution in [2.75, 3.05) is 10.2 Å². The molecule has 2 aliphatic rings. The van der Waals surface area contributed by atoms with Gasteiger partial charge in [0.25, 0.3) is 0 Å². The summed E-state index contributed by atoms with van der Waals surface area (Å²) >= 11 is 0. The lowest BCUT2D eigenvalue weighted by molar-refractivity contribution is 0.669. The lowest BCUT2D eigenvalue weighted by Gasteiger charge is -2.40. The largest absolute Gasteiger partial charge is 0.455 e. The predicted molar refractivity (Wildman–Crippen MR) is 450 cm³/mol. The van der Waals surface area contributed by atoms with Crippen LogP contribution in [-0.4, -0.2) is 4.57 Å². The highest BCUT2D eigenvalue weighted by Gasteiger charge is 2.51. The monoisotopic (exact) mass is 1380 g/mol. The van der Waals surface area contributed by atoms with Crippen LogP contribution in [0.1, 0.15) is 22.3 Å². The summed E-state index contributed by atoms with van der Waals surface area (Å²) in [5, 5.41) is 10.7. The van der Waals surface area contributed by atoms with Crippen molar-refractivity contribution >= 4 is 94.1 Å². The van der Waals surface area contributed by atoms with E-state index in [1.54, 1.807) is 0 Å². The molecule has 0 amide bonds. The highest BCUT2D eigenvalue weighted by atomic mass is 16.3. The van der Waals surface area contributed by atoms with Gasteiger partial charge in [0, 0.05) is 77.3 Å². The first-order chi connectivity index (χ1) is 53.6. The third kappa shape index (κ3) is 10.1. The molecule has 0 radical (unpaired) electrons. The Bertz CT molecular complexity index is 6900. The molecular formula is C103H67N3O2. The summed E-state index contributed by atoms with van der Waals surface area (Å²) in [6, 6.07) is 145. The van der Waals surface area contributed by atoms with Crippen LogP contribution in [0.2, 0.25) is 0 Å². The average molecular weight is 1380 g/mol. The first-order valence-electron chi connectivity index (χ1n) is 37.0. The molecule has 1 atom stereocenters. The van der Waals surface area contributed by atoms with Crippen LogP contribution >= 0.6 is 0 Å². The van der Waals surface area contributed by atoms with Crippen LogP contribution in [0.5, 0.6) is 0 Å². The Labute approximate surface area is 625 Å². The third-order valence-corrected chi connectivity index (χ3v) is 22.3. The summed E-state index contributed by atoms with van der Waals surface area (Å²) in [6.07, 6.45) is 0. The Kier molecular flexibility index (Phi) is 14.8. The minimum atomic E-state index is -0.591. The lowest BCUT2D eigenvalue weighted by Crippen LogP contribution is -2.33. The van der Waals surface area contributed by atoms with Gasteiger partial charge < -0.3 is 23.6 Å². The maximum atomic E-state index is 6.56. The Hall–Kier alpha value is -14.3. The summed E-state index contributed by atoms with van der Waals surface area (Å²) in [5.74, 6) is 0. The number of hydrogen-bond donors (Lipinski definition) is 1. The summed E-state index contributed by atoms with van der Waals surface area (Å²) < 4.78 is 15.3. The summed E-state index contributed by atoms with van der Waals surface area (Å²) in [4.78, 5) is 2.47. The Morgan fingerprint density at radius 3 is 1.39 bits per heavy atom. The minimum Gasteiger partial charge on any atom is -0.455 e. The number of hydrogen-bond acceptors (Lipinski definition) is 4. The molecule has 1 spiro atoms. The van der Waals surface area contributed by atoms with Gasteiger partial charge >= 0.3 is 0 Å². The molecule has 3 aromatic heterocycles. The molecule has 1 N–H and O–H groups in total. The van der Waals surface area contributed by atoms with Crippen molar-refractivity contribution in [3.8, 4) is 83.6 Å². The number of furan rings is 2. The fraction of sp³-hybridized carbons (Fsp3) is 0.00971. The standard InChI is InChI=1S/C67H42N2O.C36H25NO/c1-2-17-43(18-3-1)45-19-14-20-46(41-45)49-21-5-10-31-61(49)68(47-37-35-44(36-38-47)50-25-15-27-56-54-24-7-13-34-64(54)70-66(50)56)48-39-40-52-51-22-4-8-28-57(51)67(60(52)42-48)58-29-9-12-33-63(58)69-62-32-11-6-23-53(62)55-26-16-30-59(67)65(55)69;1-2-10-25(11-3-1)27-12-8-13-28(24-27)30-14-4-6-18-34(30)37-29-22-20-26(21-23-29)31-16-9-17-33-32-15-5-7-19-35(32)38-36(31)33/h1-42H;1-24,37H. The molecule has 1 aliphatic carbocycles. The molecule has 0 saturated heterocycles. The van der Waals surface area contributed by atoms with Gasteiger partial charge in [-0.05, 0) is 163 Å². The molecule has 5 nitrogen and oxygen atoms in total. The average Bonchev–Trinajstić information content (AvgIpc) is 1.49. The number of rotatable bonds is 11. The summed E-state index contributed by atoms with van der Waals surface area (Å²) in [6.45, 7) is 0. The van der Waals surface area contributed by atoms with Crippen molar-refractivity contribution in [2.24, 2.45) is 0 Å². The Morgan fingerprint density at radius 2 is 0.713 bits per heavy atom. The van der Waals surface area contributed by atoms with Crippen LogP contribution in [0.25, 0.3) is 149 Å². The molecule has 506 valence electrons. The van der Waals surface area contributed by atoms with E-state index in [1.807, 2.05) is 18.2 Å². The minimum absolute atomic E-state index is 0.591. The highest BCUT2D eigenvalue weighted by Crippen LogP contribution is 2.62. The van der Waals surface area contributed by atoms with E-state index in [0.717, 1.165) is 106 Å². The fourth-order valence-corrected chi connectivity index (χ4v) is 17.5. The van der Waals surface area contributed by atoms with E-state index < -0.39 is 5.41 Å². The topological polar surface area (TPSA) is 46.5 Å². The van der Waals surface area contributed by atoms with Crippen LogP contribution in [0.4, 0.5) is 28.4 Å². The molecule has 1 unspecified atom stereocenters. The number of nitrogens with one attached hydrogen (secondary N) is 1. The van der Waals surface area contributed by atoms with Crippen molar-refractivity contribution in [1.82, 2.24) is 4.57 Å². The quantitative estimate of drug-likeness (QED) is 0.140. The van der Waals surface area contributed by atoms with Crippen molar-refractivity contribution in [3.63, 3.8) is 0 Å². The summed E-state index contributed by atoms with van der Waals surface area (Å²) in [5.41, 5.74) is 33.7. The molecule has 108 heavy (non-hydrogen) atoms. The van der Waals surface area contributed by atoms with E-state index >= 15 is 0 Å². The maximum absolute atomic E-state index is 6.56. The zero-order chi connectivity index (χ0) is 71.2. The van der Waals surface area contributed by atoms with Gasteiger partial charge in [0.1, 0.15) is 22.3 Å². The van der Waals surface area contributed by atoms with Crippen LogP contribution in [-0.2, 0) is 5.41 Å². The number of benzene rings is 17. The third-order valence-electron chi connectivity index (χ3n) is 22.3. The number of para-hydroxylation sites is 9. The molecule has 5 heteroatoms. The van der Waals surface area contributed by atoms with Gasteiger partial charge in [0.05, 0.1) is 27.8 Å². The Balaban J connectivity index is 0.000000165. The van der Waals surface area contributed by atoms with Gasteiger partial charge in [-0.25, -0.2) is 0 Å². The first-order valence-corrected chi connectivity index (χ1v) is 37.0. The second-order valence-electron chi connectivity index (χ2n) is 28.2. The molecule has 0 saturated carbocycles. The van der Waals surface area contributed by atoms with Gasteiger partial charge in [-0.15, -0.1) is 0 Å². The zero-order valence-corrected chi connectivity index (χ0v) is 58.8. The van der Waals surface area contributed by atoms with Gasteiger partial charge in [-0.2, -0.15) is 0 Å². The van der Waals surface area contributed by atoms with E-state index in [9.17, 15) is 0 Å². The van der Waals surface area contributed by atoms with Crippen molar-refractivity contribution in [1.29, 1.82) is 0 Å². The number of nitrogens with zero attached hydrogens (tertiary/aromatic N) is 2. The van der Waals surface area contributed by atoms with Crippen molar-refractivity contribution < 1.29 is 8.83 Å². The normalized spacial score (nSPS) is 13.2. The van der Waals surface area contributed by atoms with Crippen LogP contribution in [0, 0.1) is 0 Å². The van der Waals surface area contributed by atoms with Gasteiger partial charge in [-0.1, -0.05) is 315 Å². The van der Waals surface area contributed by atoms with Crippen molar-refractivity contribution in [2.45, 2.75) is 5.41 Å². The number of fused-ring (bicyclic) bond motifs is 18. The highest BCUT2D eigenvalue weighted by molar-refractivity contribution is 6.14. The SMILES string of the molecule is c1ccc(-c2cccc(-c3ccccc3N(c3ccc(-c4cccc5c4oc4ccccc45)cc3)c3ccc4c(c3)C3(c5ccccc5-4)c4ccccc4-n4c5ccccc5c5cccc3c54)c2)cc1.c1ccc(-c2cccc(-c3ccccc3Nc3ccc(-c4cccc5c4oc4ccccc45)cc3)c2)cc1. The molecule has 20 aromatic rings. The Morgan fingerprint density at radius 1 is 0.259 bits per heavy atom. The van der Waals surface area contributed by atoms with E-state index in [-0.39, 0.29) is 0 Å². The second kappa shape index (κ2) is 25.6. The van der Waals surface area contributed by atoms with E-state index in [2.05, 4.69) is 397 Å². The molecule has 1 aliphatic heterocycles. The molecule has 4 heterocycles. The fourth-order valence-electron chi connectivity index (χ4n) is 17.5. The van der Waals surface area contributed by atoms with Crippen LogP contribution in [0.15, 0.2) is 409 Å². The van der Waals surface area contributed by atoms with Gasteiger partial charge in [0.15, 0.2) is 0 Å². The molecule has 17 aromatic carbocycles. The maximum Gasteiger partial charge on any atom is 0.143 e. The second-order valence-corrected chi connectivity index (χ2v) is 28.2. The first kappa shape index (κ1) is 62.3. The van der Waals surface area contributed by atoms with E-state index in [0.29, 0.717) is 0 Å². The van der Waals surface area contributed by atoms with Gasteiger partial charge in [-0.3, -0.25) is 0 Å². The van der Waals surface area contributed by atoms with Crippen molar-refractivity contribution in [3.05, 3.63) is 423 Å². The predicted octanol–water partition coefficient (Wildman–Crippen LogP) is 28.2. The molecular weight excluding hydrogens is 1310 g/mol. The molecule has 0 bridgehead atoms. The molecule has 22 rings (SSSR count). The van der Waals surface area contributed by atoms with Crippen LogP contribution in [0.3, 0.4) is 0 Å². The van der Waals surface area contributed by atoms with E-state index in [1.165, 1.54) is 94.3 Å². The number of anilines is 5. The number of aromatic nitrogens is 1. The molecule has 0 fully saturated rings.